The van der Waals surface area contributed by atoms with Gasteiger partial charge in [-0.25, -0.2) is 14.4 Å². The maximum absolute atomic E-state index is 14.0. The van der Waals surface area contributed by atoms with Crippen LogP contribution < -0.4 is 14.4 Å². The molecule has 0 radical (unpaired) electrons. The monoisotopic (exact) mass is 527 g/mol. The molecular weight excluding hydrogens is 505 g/mol. The molecule has 172 valence electrons. The molecule has 10 heteroatoms. The Morgan fingerprint density at radius 3 is 2.34 bits per heavy atom. The predicted octanol–water partition coefficient (Wildman–Crippen LogP) is 4.70. The third-order valence-corrected chi connectivity index (χ3v) is 5.65. The largest absolute Gasteiger partial charge is 0.487 e. The van der Waals surface area contributed by atoms with Crippen LogP contribution in [0.2, 0.25) is 0 Å². The van der Waals surface area contributed by atoms with Gasteiger partial charge in [0, 0.05) is 37.9 Å². The lowest BCUT2D eigenvalue weighted by Gasteiger charge is -2.21. The molecule has 0 saturated carbocycles. The Morgan fingerprint density at radius 2 is 1.66 bits per heavy atom. The van der Waals surface area contributed by atoms with Crippen LogP contribution >= 0.6 is 28.3 Å². The summed E-state index contributed by atoms with van der Waals surface area (Å²) in [5, 5.41) is 0.822. The number of fused-ring (bicyclic) bond motifs is 2. The van der Waals surface area contributed by atoms with E-state index in [0.717, 1.165) is 34.4 Å². The molecule has 0 spiro atoms. The van der Waals surface area contributed by atoms with Gasteiger partial charge < -0.3 is 23.8 Å². The van der Waals surface area contributed by atoms with E-state index < -0.39 is 0 Å². The summed E-state index contributed by atoms with van der Waals surface area (Å²) < 4.78 is 36.4. The normalized spacial score (nSPS) is 12.6. The smallest absolute Gasteiger partial charge is 0.163 e. The van der Waals surface area contributed by atoms with Crippen LogP contribution in [0.4, 0.5) is 15.9 Å². The fourth-order valence-electron chi connectivity index (χ4n) is 3.56. The standard InChI is InChI=1S/C22H23BrFN3O4.ClH/c1-28-5-7-30-20-10-15-18(12-21(20)31-8-6-29-2)25-13-26-22(15)27-4-3-14-9-17(24)16(23)11-19(14)27;/h9-13H,3-8H2,1-2H3;1H. The second-order valence-electron chi connectivity index (χ2n) is 6.99. The SMILES string of the molecule is COCCOc1cc2ncnc(N3CCc4cc(F)c(Br)cc43)c2cc1OCCOC.Cl. The van der Waals surface area contributed by atoms with Crippen molar-refractivity contribution >= 4 is 50.7 Å². The lowest BCUT2D eigenvalue weighted by atomic mass is 10.1. The molecule has 0 N–H and O–H groups in total. The van der Waals surface area contributed by atoms with Crippen molar-refractivity contribution in [3.63, 3.8) is 0 Å². The fraction of sp³-hybridized carbons (Fsp3) is 0.364. The van der Waals surface area contributed by atoms with Crippen molar-refractivity contribution in [2.45, 2.75) is 6.42 Å². The summed E-state index contributed by atoms with van der Waals surface area (Å²) in [7, 11) is 3.24. The number of rotatable bonds is 9. The number of nitrogens with zero attached hydrogens (tertiary/aromatic N) is 3. The van der Waals surface area contributed by atoms with Crippen molar-refractivity contribution in [2.75, 3.05) is 52.1 Å². The Bertz CT molecular complexity index is 1090. The minimum Gasteiger partial charge on any atom is -0.487 e. The van der Waals surface area contributed by atoms with Crippen molar-refractivity contribution < 1.29 is 23.3 Å². The zero-order valence-electron chi connectivity index (χ0n) is 17.8. The molecule has 0 fully saturated rings. The van der Waals surface area contributed by atoms with E-state index in [1.165, 1.54) is 6.33 Å². The Kier molecular flexibility index (Phi) is 8.47. The first-order chi connectivity index (χ1) is 15.1. The first-order valence-electron chi connectivity index (χ1n) is 9.90. The highest BCUT2D eigenvalue weighted by Gasteiger charge is 2.25. The van der Waals surface area contributed by atoms with Crippen LogP contribution in [0.25, 0.3) is 10.9 Å². The molecule has 4 rings (SSSR count). The molecule has 1 aromatic heterocycles. The highest BCUT2D eigenvalue weighted by molar-refractivity contribution is 9.10. The van der Waals surface area contributed by atoms with Crippen LogP contribution in [0.5, 0.6) is 11.5 Å². The van der Waals surface area contributed by atoms with Crippen LogP contribution in [-0.2, 0) is 15.9 Å². The summed E-state index contributed by atoms with van der Waals surface area (Å²) in [5.74, 6) is 1.63. The highest BCUT2D eigenvalue weighted by atomic mass is 79.9. The van der Waals surface area contributed by atoms with Gasteiger partial charge >= 0.3 is 0 Å². The summed E-state index contributed by atoms with van der Waals surface area (Å²) >= 11 is 3.29. The van der Waals surface area contributed by atoms with E-state index in [-0.39, 0.29) is 18.2 Å². The Hall–Kier alpha value is -2.20. The molecule has 2 aromatic carbocycles. The Labute approximate surface area is 200 Å². The van der Waals surface area contributed by atoms with Gasteiger partial charge in [0.15, 0.2) is 11.5 Å². The van der Waals surface area contributed by atoms with E-state index in [9.17, 15) is 4.39 Å². The first-order valence-corrected chi connectivity index (χ1v) is 10.7. The molecule has 1 aliphatic heterocycles. The topological polar surface area (TPSA) is 65.9 Å². The number of anilines is 2. The number of halogens is 3. The summed E-state index contributed by atoms with van der Waals surface area (Å²) in [5.41, 5.74) is 2.60. The molecule has 0 saturated heterocycles. The molecule has 0 amide bonds. The van der Waals surface area contributed by atoms with Crippen molar-refractivity contribution in [1.82, 2.24) is 9.97 Å². The Morgan fingerprint density at radius 1 is 0.969 bits per heavy atom. The molecule has 0 atom stereocenters. The fourth-order valence-corrected chi connectivity index (χ4v) is 3.89. The van der Waals surface area contributed by atoms with Gasteiger partial charge in [0.05, 0.1) is 23.2 Å². The third-order valence-electron chi connectivity index (χ3n) is 5.04. The van der Waals surface area contributed by atoms with E-state index >= 15 is 0 Å². The van der Waals surface area contributed by atoms with Crippen LogP contribution in [-0.4, -0.2) is 57.2 Å². The van der Waals surface area contributed by atoms with Crippen LogP contribution in [0, 0.1) is 5.82 Å². The predicted molar refractivity (Wildman–Crippen MR) is 126 cm³/mol. The number of hydrogen-bond donors (Lipinski definition) is 0. The zero-order chi connectivity index (χ0) is 21.8. The minimum absolute atomic E-state index is 0. The average molecular weight is 529 g/mol. The number of hydrogen-bond acceptors (Lipinski definition) is 7. The van der Waals surface area contributed by atoms with Crippen LogP contribution in [0.1, 0.15) is 5.56 Å². The Balaban J connectivity index is 0.00000289. The summed E-state index contributed by atoms with van der Waals surface area (Å²) in [6.45, 7) is 2.38. The van der Waals surface area contributed by atoms with Crippen molar-refractivity contribution in [3.8, 4) is 11.5 Å². The number of ether oxygens (including phenoxy) is 4. The van der Waals surface area contributed by atoms with E-state index in [1.54, 1.807) is 26.4 Å². The molecule has 0 unspecified atom stereocenters. The molecule has 32 heavy (non-hydrogen) atoms. The van der Waals surface area contributed by atoms with Crippen molar-refractivity contribution in [1.29, 1.82) is 0 Å². The number of methoxy groups -OCH3 is 2. The lowest BCUT2D eigenvalue weighted by Crippen LogP contribution is -2.16. The summed E-state index contributed by atoms with van der Waals surface area (Å²) in [6, 6.07) is 7.10. The quantitative estimate of drug-likeness (QED) is 0.373. The molecule has 1 aliphatic rings. The van der Waals surface area contributed by atoms with Crippen molar-refractivity contribution in [3.05, 3.63) is 46.4 Å². The van der Waals surface area contributed by atoms with Crippen LogP contribution in [0.3, 0.4) is 0 Å². The maximum atomic E-state index is 14.0. The van der Waals surface area contributed by atoms with Gasteiger partial charge in [0.25, 0.3) is 0 Å². The van der Waals surface area contributed by atoms with Gasteiger partial charge in [0.1, 0.15) is 31.2 Å². The summed E-state index contributed by atoms with van der Waals surface area (Å²) in [6.07, 6.45) is 2.26. The van der Waals surface area contributed by atoms with Crippen molar-refractivity contribution in [2.24, 2.45) is 0 Å². The second-order valence-corrected chi connectivity index (χ2v) is 7.85. The van der Waals surface area contributed by atoms with Gasteiger partial charge in [-0.3, -0.25) is 0 Å². The van der Waals surface area contributed by atoms with Gasteiger partial charge in [-0.05, 0) is 46.1 Å². The van der Waals surface area contributed by atoms with E-state index in [0.29, 0.717) is 48.9 Å². The maximum Gasteiger partial charge on any atom is 0.163 e. The molecule has 2 heterocycles. The van der Waals surface area contributed by atoms with Gasteiger partial charge in [-0.15, -0.1) is 12.4 Å². The number of benzene rings is 2. The lowest BCUT2D eigenvalue weighted by molar-refractivity contribution is 0.132. The van der Waals surface area contributed by atoms with Gasteiger partial charge in [-0.2, -0.15) is 0 Å². The minimum atomic E-state index is -0.264. The van der Waals surface area contributed by atoms with E-state index in [4.69, 9.17) is 18.9 Å². The molecule has 3 aromatic rings. The van der Waals surface area contributed by atoms with Crippen LogP contribution in [0.15, 0.2) is 35.1 Å². The second kappa shape index (κ2) is 11.1. The zero-order valence-corrected chi connectivity index (χ0v) is 20.2. The van der Waals surface area contributed by atoms with Gasteiger partial charge in [-0.1, -0.05) is 0 Å². The first kappa shape index (κ1) is 24.4. The van der Waals surface area contributed by atoms with Gasteiger partial charge in [0.2, 0.25) is 0 Å². The molecule has 7 nitrogen and oxygen atoms in total. The highest BCUT2D eigenvalue weighted by Crippen LogP contribution is 2.41. The van der Waals surface area contributed by atoms with E-state index in [2.05, 4.69) is 30.8 Å². The summed E-state index contributed by atoms with van der Waals surface area (Å²) in [4.78, 5) is 11.1. The molecule has 0 bridgehead atoms. The number of aromatic nitrogens is 2. The molecular formula is C22H24BrClFN3O4. The average Bonchev–Trinajstić information content (AvgIpc) is 3.16. The van der Waals surface area contributed by atoms with E-state index in [1.807, 2.05) is 12.1 Å². The molecule has 0 aliphatic carbocycles. The third kappa shape index (κ3) is 5.06.